The molecule has 0 aliphatic heterocycles. The highest BCUT2D eigenvalue weighted by atomic mass is 35.5. The molecule has 1 N–H and O–H groups in total. The van der Waals surface area contributed by atoms with Gasteiger partial charge in [-0.1, -0.05) is 18.5 Å². The van der Waals surface area contributed by atoms with Crippen molar-refractivity contribution >= 4 is 11.6 Å². The summed E-state index contributed by atoms with van der Waals surface area (Å²) in [5.41, 5.74) is 2.13. The zero-order valence-electron chi connectivity index (χ0n) is 11.8. The number of likely N-dealkylation sites (N-methyl/N-ethyl adjacent to an activating group) is 1. The minimum atomic E-state index is 0.497. The monoisotopic (exact) mass is 269 g/mol. The summed E-state index contributed by atoms with van der Waals surface area (Å²) < 4.78 is 2.04. The maximum atomic E-state index is 6.38. The number of nitrogens with zero attached hydrogens (tertiary/aromatic N) is 2. The first-order valence-electron chi connectivity index (χ1n) is 6.97. The van der Waals surface area contributed by atoms with Gasteiger partial charge in [0, 0.05) is 19.0 Å². The molecule has 2 rings (SSSR count). The van der Waals surface area contributed by atoms with Gasteiger partial charge in [0.2, 0.25) is 0 Å². The van der Waals surface area contributed by atoms with Gasteiger partial charge in [0.15, 0.2) is 0 Å². The summed E-state index contributed by atoms with van der Waals surface area (Å²) in [5.74, 6) is 1.62. The van der Waals surface area contributed by atoms with Crippen molar-refractivity contribution in [2.24, 2.45) is 11.8 Å². The van der Waals surface area contributed by atoms with Gasteiger partial charge in [0.05, 0.1) is 16.4 Å². The van der Waals surface area contributed by atoms with Crippen LogP contribution in [0.1, 0.15) is 38.1 Å². The second kappa shape index (κ2) is 5.62. The fourth-order valence-corrected chi connectivity index (χ4v) is 2.99. The normalized spacial score (nSPS) is 18.9. The zero-order valence-corrected chi connectivity index (χ0v) is 12.6. The average molecular weight is 270 g/mol. The third-order valence-electron chi connectivity index (χ3n) is 4.24. The largest absolute Gasteiger partial charge is 0.316 e. The van der Waals surface area contributed by atoms with Gasteiger partial charge < -0.3 is 5.32 Å². The van der Waals surface area contributed by atoms with Crippen molar-refractivity contribution in [3.8, 4) is 0 Å². The lowest BCUT2D eigenvalue weighted by Gasteiger charge is -2.24. The Kier molecular flexibility index (Phi) is 4.33. The Morgan fingerprint density at radius 3 is 2.67 bits per heavy atom. The smallest absolute Gasteiger partial charge is 0.0847 e. The third-order valence-corrected chi connectivity index (χ3v) is 4.73. The van der Waals surface area contributed by atoms with Crippen LogP contribution in [0, 0.1) is 18.8 Å². The molecule has 1 heterocycles. The lowest BCUT2D eigenvalue weighted by molar-refractivity contribution is 0.351. The number of nitrogens with one attached hydrogen (secondary N) is 1. The summed E-state index contributed by atoms with van der Waals surface area (Å²) in [6.07, 6.45) is 3.75. The summed E-state index contributed by atoms with van der Waals surface area (Å²) >= 11 is 6.38. The van der Waals surface area contributed by atoms with Crippen molar-refractivity contribution in [1.29, 1.82) is 0 Å². The second-order valence-corrected chi connectivity index (χ2v) is 5.84. The molecule has 1 aliphatic carbocycles. The molecular weight excluding hydrogens is 246 g/mol. The molecule has 0 aromatic carbocycles. The molecule has 2 unspecified atom stereocenters. The quantitative estimate of drug-likeness (QED) is 0.860. The van der Waals surface area contributed by atoms with Gasteiger partial charge in [-0.05, 0) is 45.6 Å². The Morgan fingerprint density at radius 2 is 2.17 bits per heavy atom. The standard InChI is InChI=1S/C14H24ClN3/c1-5-18-13(14(15)10(3)17-18)8-12(16-4)9(2)11-6-7-11/h9,11-12,16H,5-8H2,1-4H3. The Bertz CT molecular complexity index is 409. The van der Waals surface area contributed by atoms with E-state index in [0.29, 0.717) is 12.0 Å². The molecule has 1 aromatic heterocycles. The van der Waals surface area contributed by atoms with E-state index in [9.17, 15) is 0 Å². The molecule has 1 fully saturated rings. The highest BCUT2D eigenvalue weighted by molar-refractivity contribution is 6.31. The first-order chi connectivity index (χ1) is 8.58. The number of hydrogen-bond donors (Lipinski definition) is 1. The third kappa shape index (κ3) is 2.72. The van der Waals surface area contributed by atoms with Crippen molar-refractivity contribution in [2.45, 2.75) is 52.6 Å². The van der Waals surface area contributed by atoms with E-state index >= 15 is 0 Å². The molecule has 1 saturated carbocycles. The second-order valence-electron chi connectivity index (χ2n) is 5.46. The predicted octanol–water partition coefficient (Wildman–Crippen LogP) is 3.04. The molecule has 3 nitrogen and oxygen atoms in total. The van der Waals surface area contributed by atoms with Crippen LogP contribution in [0.25, 0.3) is 0 Å². The first-order valence-corrected chi connectivity index (χ1v) is 7.35. The van der Waals surface area contributed by atoms with Crippen LogP contribution in [-0.4, -0.2) is 22.9 Å². The van der Waals surface area contributed by atoms with Crippen molar-refractivity contribution in [3.05, 3.63) is 16.4 Å². The van der Waals surface area contributed by atoms with E-state index in [1.165, 1.54) is 18.5 Å². The van der Waals surface area contributed by atoms with Crippen LogP contribution < -0.4 is 5.32 Å². The van der Waals surface area contributed by atoms with Crippen LogP contribution in [0.2, 0.25) is 5.02 Å². The maximum Gasteiger partial charge on any atom is 0.0847 e. The van der Waals surface area contributed by atoms with E-state index in [-0.39, 0.29) is 0 Å². The first kappa shape index (κ1) is 13.9. The van der Waals surface area contributed by atoms with E-state index in [1.807, 2.05) is 11.6 Å². The molecule has 4 heteroatoms. The van der Waals surface area contributed by atoms with Crippen molar-refractivity contribution in [3.63, 3.8) is 0 Å². The van der Waals surface area contributed by atoms with E-state index in [4.69, 9.17) is 11.6 Å². The summed E-state index contributed by atoms with van der Waals surface area (Å²) in [5, 5.41) is 8.80. The molecule has 0 radical (unpaired) electrons. The summed E-state index contributed by atoms with van der Waals surface area (Å²) in [7, 11) is 2.05. The topological polar surface area (TPSA) is 29.9 Å². The van der Waals surface area contributed by atoms with Gasteiger partial charge in [-0.15, -0.1) is 0 Å². The molecule has 0 amide bonds. The average Bonchev–Trinajstić information content (AvgIpc) is 3.17. The highest BCUT2D eigenvalue weighted by Gasteiger charge is 2.33. The minimum absolute atomic E-state index is 0.497. The molecule has 2 atom stereocenters. The van der Waals surface area contributed by atoms with Gasteiger partial charge in [-0.3, -0.25) is 4.68 Å². The van der Waals surface area contributed by atoms with E-state index in [2.05, 4.69) is 31.3 Å². The number of halogens is 1. The van der Waals surface area contributed by atoms with Gasteiger partial charge in [0.25, 0.3) is 0 Å². The molecule has 0 bridgehead atoms. The van der Waals surface area contributed by atoms with Crippen molar-refractivity contribution < 1.29 is 0 Å². The maximum absolute atomic E-state index is 6.38. The minimum Gasteiger partial charge on any atom is -0.316 e. The molecule has 1 aromatic rings. The van der Waals surface area contributed by atoms with Gasteiger partial charge in [0.1, 0.15) is 0 Å². The highest BCUT2D eigenvalue weighted by Crippen LogP contribution is 2.39. The van der Waals surface area contributed by atoms with Crippen LogP contribution in [-0.2, 0) is 13.0 Å². The van der Waals surface area contributed by atoms with E-state index < -0.39 is 0 Å². The summed E-state index contributed by atoms with van der Waals surface area (Å²) in [6.45, 7) is 7.34. The molecular formula is C14H24ClN3. The summed E-state index contributed by atoms with van der Waals surface area (Å²) in [6, 6.07) is 0.497. The summed E-state index contributed by atoms with van der Waals surface area (Å²) in [4.78, 5) is 0. The zero-order chi connectivity index (χ0) is 13.3. The van der Waals surface area contributed by atoms with Crippen LogP contribution in [0.5, 0.6) is 0 Å². The SMILES string of the molecule is CCn1nc(C)c(Cl)c1CC(NC)C(C)C1CC1. The lowest BCUT2D eigenvalue weighted by atomic mass is 9.93. The lowest BCUT2D eigenvalue weighted by Crippen LogP contribution is -2.36. The van der Waals surface area contributed by atoms with Gasteiger partial charge >= 0.3 is 0 Å². The number of rotatable bonds is 6. The van der Waals surface area contributed by atoms with Gasteiger partial charge in [-0.25, -0.2) is 0 Å². The predicted molar refractivity (Wildman–Crippen MR) is 76.1 cm³/mol. The fraction of sp³-hybridized carbons (Fsp3) is 0.786. The Morgan fingerprint density at radius 1 is 1.50 bits per heavy atom. The van der Waals surface area contributed by atoms with Crippen molar-refractivity contribution in [1.82, 2.24) is 15.1 Å². The van der Waals surface area contributed by atoms with Crippen LogP contribution in [0.3, 0.4) is 0 Å². The Balaban J connectivity index is 2.15. The van der Waals surface area contributed by atoms with Crippen LogP contribution >= 0.6 is 11.6 Å². The Hall–Kier alpha value is -0.540. The number of hydrogen-bond acceptors (Lipinski definition) is 2. The van der Waals surface area contributed by atoms with Crippen LogP contribution in [0.15, 0.2) is 0 Å². The molecule has 0 saturated heterocycles. The van der Waals surface area contributed by atoms with Gasteiger partial charge in [-0.2, -0.15) is 5.10 Å². The number of aromatic nitrogens is 2. The molecule has 1 aliphatic rings. The molecule has 0 spiro atoms. The molecule has 102 valence electrons. The molecule has 18 heavy (non-hydrogen) atoms. The van der Waals surface area contributed by atoms with Crippen molar-refractivity contribution in [2.75, 3.05) is 7.05 Å². The van der Waals surface area contributed by atoms with E-state index in [1.54, 1.807) is 0 Å². The van der Waals surface area contributed by atoms with E-state index in [0.717, 1.165) is 29.6 Å². The Labute approximate surface area is 115 Å². The van der Waals surface area contributed by atoms with Crippen LogP contribution in [0.4, 0.5) is 0 Å². The fourth-order valence-electron chi connectivity index (χ4n) is 2.77. The number of aryl methyl sites for hydroxylation is 2.